The molecule has 1 saturated heterocycles. The van der Waals surface area contributed by atoms with Crippen LogP contribution in [0, 0.1) is 0 Å². The third-order valence-electron chi connectivity index (χ3n) is 4.78. The smallest absolute Gasteiger partial charge is 0.174 e. The molecule has 0 saturated carbocycles. The predicted molar refractivity (Wildman–Crippen MR) is 118 cm³/mol. The highest BCUT2D eigenvalue weighted by atomic mass is 35.5. The highest BCUT2D eigenvalue weighted by Crippen LogP contribution is 2.42. The van der Waals surface area contributed by atoms with E-state index in [1.165, 1.54) is 0 Å². The van der Waals surface area contributed by atoms with Gasteiger partial charge in [0.1, 0.15) is 18.4 Å². The summed E-state index contributed by atoms with van der Waals surface area (Å²) in [6.07, 6.45) is 3.70. The average Bonchev–Trinajstić information content (AvgIpc) is 3.37. The van der Waals surface area contributed by atoms with Crippen molar-refractivity contribution in [1.82, 2.24) is 15.3 Å². The highest BCUT2D eigenvalue weighted by molar-refractivity contribution is 7.80. The van der Waals surface area contributed by atoms with Crippen LogP contribution in [0.1, 0.15) is 23.5 Å². The van der Waals surface area contributed by atoms with Gasteiger partial charge in [-0.05, 0) is 54.7 Å². The Morgan fingerprint density at radius 1 is 1.17 bits per heavy atom. The van der Waals surface area contributed by atoms with Gasteiger partial charge in [0.25, 0.3) is 0 Å². The van der Waals surface area contributed by atoms with E-state index in [-0.39, 0.29) is 12.1 Å². The zero-order chi connectivity index (χ0) is 20.2. The first-order valence-electron chi connectivity index (χ1n) is 9.24. The van der Waals surface area contributed by atoms with Crippen LogP contribution < -0.4 is 15.0 Å². The molecular formula is C21H21ClN4O2S. The largest absolute Gasteiger partial charge is 0.490 e. The van der Waals surface area contributed by atoms with Gasteiger partial charge in [-0.25, -0.2) is 0 Å². The van der Waals surface area contributed by atoms with Gasteiger partial charge in [0.05, 0.1) is 23.4 Å². The number of halogens is 1. The summed E-state index contributed by atoms with van der Waals surface area (Å²) in [6, 6.07) is 15.4. The van der Waals surface area contributed by atoms with Crippen molar-refractivity contribution in [2.75, 3.05) is 25.2 Å². The summed E-state index contributed by atoms with van der Waals surface area (Å²) in [6.45, 7) is 0.935. The molecule has 8 heteroatoms. The summed E-state index contributed by atoms with van der Waals surface area (Å²) in [5.74, 6) is 0.614. The molecular weight excluding hydrogens is 408 g/mol. The first-order valence-corrected chi connectivity index (χ1v) is 10.0. The van der Waals surface area contributed by atoms with E-state index in [4.69, 9.17) is 33.3 Å². The molecule has 150 valence electrons. The van der Waals surface area contributed by atoms with Gasteiger partial charge in [-0.3, -0.25) is 4.98 Å². The zero-order valence-electron chi connectivity index (χ0n) is 15.8. The summed E-state index contributed by atoms with van der Waals surface area (Å²) >= 11 is 12.2. The van der Waals surface area contributed by atoms with Crippen molar-refractivity contribution in [3.05, 3.63) is 77.3 Å². The van der Waals surface area contributed by atoms with Crippen LogP contribution in [0.25, 0.3) is 0 Å². The molecule has 4 rings (SSSR count). The Kier molecular flexibility index (Phi) is 5.99. The second-order valence-corrected chi connectivity index (χ2v) is 7.37. The molecule has 0 bridgehead atoms. The lowest BCUT2D eigenvalue weighted by molar-refractivity contribution is 0.146. The summed E-state index contributed by atoms with van der Waals surface area (Å²) in [5, 5.41) is 4.55. The minimum absolute atomic E-state index is 0.0938. The molecule has 2 aromatic heterocycles. The molecule has 3 heterocycles. The summed E-state index contributed by atoms with van der Waals surface area (Å²) in [4.78, 5) is 9.92. The molecule has 0 aliphatic carbocycles. The average molecular weight is 429 g/mol. The number of pyridine rings is 1. The van der Waals surface area contributed by atoms with E-state index in [1.54, 1.807) is 13.3 Å². The molecule has 29 heavy (non-hydrogen) atoms. The summed E-state index contributed by atoms with van der Waals surface area (Å²) < 4.78 is 10.7. The van der Waals surface area contributed by atoms with Crippen LogP contribution in [0.4, 0.5) is 5.69 Å². The maximum Gasteiger partial charge on any atom is 0.174 e. The standard InChI is InChI=1S/C21H21ClN4O2S/c1-27-11-12-28-18-8-7-14(13-15(18)22)26-20(17-6-4-10-24-17)19(25-21(26)29)16-5-2-3-9-23-16/h2-10,13,19-20,24H,11-12H2,1H3,(H,25,29)/t19-,20+/m0/s1. The van der Waals surface area contributed by atoms with Crippen molar-refractivity contribution in [1.29, 1.82) is 0 Å². The number of hydrogen-bond acceptors (Lipinski definition) is 4. The highest BCUT2D eigenvalue weighted by Gasteiger charge is 2.41. The van der Waals surface area contributed by atoms with E-state index in [0.29, 0.717) is 29.1 Å². The number of thiocarbonyl (C=S) groups is 1. The van der Waals surface area contributed by atoms with Crippen molar-refractivity contribution in [3.63, 3.8) is 0 Å². The van der Waals surface area contributed by atoms with E-state index >= 15 is 0 Å². The number of hydrogen-bond donors (Lipinski definition) is 2. The van der Waals surface area contributed by atoms with Crippen LogP contribution in [-0.2, 0) is 4.74 Å². The molecule has 3 aromatic rings. The van der Waals surface area contributed by atoms with Gasteiger partial charge in [0, 0.05) is 30.9 Å². The van der Waals surface area contributed by atoms with Crippen LogP contribution in [0.2, 0.25) is 5.02 Å². The van der Waals surface area contributed by atoms with Crippen molar-refractivity contribution >= 4 is 34.6 Å². The van der Waals surface area contributed by atoms with Crippen LogP contribution >= 0.6 is 23.8 Å². The van der Waals surface area contributed by atoms with Gasteiger partial charge in [0.15, 0.2) is 5.11 Å². The van der Waals surface area contributed by atoms with Gasteiger partial charge in [-0.1, -0.05) is 17.7 Å². The van der Waals surface area contributed by atoms with Gasteiger partial charge in [0.2, 0.25) is 0 Å². The maximum atomic E-state index is 6.48. The Morgan fingerprint density at radius 3 is 2.76 bits per heavy atom. The molecule has 1 aliphatic heterocycles. The van der Waals surface area contributed by atoms with Crippen LogP contribution in [0.15, 0.2) is 60.9 Å². The Morgan fingerprint density at radius 2 is 2.07 bits per heavy atom. The lowest BCUT2D eigenvalue weighted by Crippen LogP contribution is -2.29. The summed E-state index contributed by atoms with van der Waals surface area (Å²) in [7, 11) is 1.63. The van der Waals surface area contributed by atoms with Crippen LogP contribution in [0.3, 0.4) is 0 Å². The number of methoxy groups -OCH3 is 1. The third-order valence-corrected chi connectivity index (χ3v) is 5.39. The topological polar surface area (TPSA) is 62.4 Å². The van der Waals surface area contributed by atoms with E-state index in [2.05, 4.69) is 20.2 Å². The molecule has 1 aromatic carbocycles. The quantitative estimate of drug-likeness (QED) is 0.433. The monoisotopic (exact) mass is 428 g/mol. The lowest BCUT2D eigenvalue weighted by Gasteiger charge is -2.27. The number of aromatic amines is 1. The fourth-order valence-corrected chi connectivity index (χ4v) is 4.04. The molecule has 0 radical (unpaired) electrons. The minimum Gasteiger partial charge on any atom is -0.490 e. The number of ether oxygens (including phenoxy) is 2. The number of H-pyrrole nitrogens is 1. The van der Waals surface area contributed by atoms with Crippen molar-refractivity contribution in [3.8, 4) is 5.75 Å². The van der Waals surface area contributed by atoms with Gasteiger partial charge in [-0.2, -0.15) is 0 Å². The fraction of sp³-hybridized carbons (Fsp3) is 0.238. The molecule has 1 fully saturated rings. The van der Waals surface area contributed by atoms with Gasteiger partial charge >= 0.3 is 0 Å². The summed E-state index contributed by atoms with van der Waals surface area (Å²) in [5.41, 5.74) is 2.83. The Labute approximate surface area is 179 Å². The minimum atomic E-state index is -0.0984. The number of nitrogens with zero attached hydrogens (tertiary/aromatic N) is 2. The zero-order valence-corrected chi connectivity index (χ0v) is 17.4. The van der Waals surface area contributed by atoms with Crippen LogP contribution in [-0.4, -0.2) is 35.4 Å². The third kappa shape index (κ3) is 4.07. The molecule has 0 spiro atoms. The molecule has 6 nitrogen and oxygen atoms in total. The van der Waals surface area contributed by atoms with E-state index in [9.17, 15) is 0 Å². The molecule has 1 aliphatic rings. The Bertz CT molecular complexity index is 968. The van der Waals surface area contributed by atoms with Gasteiger partial charge < -0.3 is 24.7 Å². The second-order valence-electron chi connectivity index (χ2n) is 6.58. The van der Waals surface area contributed by atoms with Gasteiger partial charge in [-0.15, -0.1) is 0 Å². The first kappa shape index (κ1) is 19.7. The lowest BCUT2D eigenvalue weighted by atomic mass is 10.0. The number of aromatic nitrogens is 2. The Hall–Kier alpha value is -2.61. The molecule has 2 N–H and O–H groups in total. The number of nitrogens with one attached hydrogen (secondary N) is 2. The van der Waals surface area contributed by atoms with E-state index < -0.39 is 0 Å². The van der Waals surface area contributed by atoms with Crippen molar-refractivity contribution < 1.29 is 9.47 Å². The molecule has 0 amide bonds. The SMILES string of the molecule is COCCOc1ccc(N2C(=S)N[C@@H](c3ccccn3)[C@H]2c2ccc[nH]2)cc1Cl. The normalized spacial score (nSPS) is 18.7. The molecule has 2 atom stereocenters. The fourth-order valence-electron chi connectivity index (χ4n) is 3.47. The first-order chi connectivity index (χ1) is 14.2. The number of anilines is 1. The second kappa shape index (κ2) is 8.82. The van der Waals surface area contributed by atoms with E-state index in [0.717, 1.165) is 17.1 Å². The molecule has 0 unspecified atom stereocenters. The maximum absolute atomic E-state index is 6.48. The number of benzene rings is 1. The predicted octanol–water partition coefficient (Wildman–Crippen LogP) is 4.27. The van der Waals surface area contributed by atoms with Crippen LogP contribution in [0.5, 0.6) is 5.75 Å². The van der Waals surface area contributed by atoms with Crippen molar-refractivity contribution in [2.45, 2.75) is 12.1 Å². The number of rotatable bonds is 7. The Balaban J connectivity index is 1.68. The van der Waals surface area contributed by atoms with E-state index in [1.807, 2.05) is 54.7 Å². The van der Waals surface area contributed by atoms with Crippen molar-refractivity contribution in [2.24, 2.45) is 0 Å².